The first-order valence-corrected chi connectivity index (χ1v) is 11.5. The first-order chi connectivity index (χ1) is 13.1. The molecule has 148 valence electrons. The number of para-hydroxylation sites is 1. The average Bonchev–Trinajstić information content (AvgIpc) is 3.14. The Kier molecular flexibility index (Phi) is 5.41. The SMILES string of the molecule is O=C(CC1CCOCC1)N1CCC[C@@H](S(=O)(=O)N2CCc3ccccc32)C1. The van der Waals surface area contributed by atoms with Crippen molar-refractivity contribution >= 4 is 21.6 Å². The minimum absolute atomic E-state index is 0.101. The van der Waals surface area contributed by atoms with Gasteiger partial charge in [-0.1, -0.05) is 18.2 Å². The van der Waals surface area contributed by atoms with Gasteiger partial charge in [-0.25, -0.2) is 8.42 Å². The number of benzene rings is 1. The summed E-state index contributed by atoms with van der Waals surface area (Å²) < 4.78 is 33.5. The summed E-state index contributed by atoms with van der Waals surface area (Å²) in [6.45, 7) is 2.95. The lowest BCUT2D eigenvalue weighted by Gasteiger charge is -2.36. The molecule has 1 aromatic carbocycles. The third-order valence-corrected chi connectivity index (χ3v) is 8.33. The molecule has 27 heavy (non-hydrogen) atoms. The van der Waals surface area contributed by atoms with E-state index in [9.17, 15) is 13.2 Å². The molecule has 7 heteroatoms. The molecule has 0 saturated carbocycles. The summed E-state index contributed by atoms with van der Waals surface area (Å²) >= 11 is 0. The van der Waals surface area contributed by atoms with Crippen molar-refractivity contribution in [2.75, 3.05) is 37.2 Å². The molecule has 0 radical (unpaired) electrons. The maximum atomic E-state index is 13.3. The zero-order chi connectivity index (χ0) is 18.9. The molecule has 0 aromatic heterocycles. The standard InChI is InChI=1S/C20H28N2O4S/c23-20(14-16-8-12-26-13-9-16)21-10-3-5-18(15-21)27(24,25)22-11-7-17-4-1-2-6-19(17)22/h1-2,4,6,16,18H,3,5,7-15H2/t18-/m1/s1. The molecular formula is C20H28N2O4S. The van der Waals surface area contributed by atoms with Crippen LogP contribution in [-0.2, 0) is 26.0 Å². The van der Waals surface area contributed by atoms with E-state index in [2.05, 4.69) is 0 Å². The molecule has 1 amide bonds. The van der Waals surface area contributed by atoms with Gasteiger partial charge < -0.3 is 9.64 Å². The maximum Gasteiger partial charge on any atom is 0.239 e. The van der Waals surface area contributed by atoms with Gasteiger partial charge in [-0.15, -0.1) is 0 Å². The number of hydrogen-bond acceptors (Lipinski definition) is 4. The Hall–Kier alpha value is -1.60. The van der Waals surface area contributed by atoms with Gasteiger partial charge in [0.25, 0.3) is 0 Å². The number of amides is 1. The second kappa shape index (κ2) is 7.80. The van der Waals surface area contributed by atoms with Crippen molar-refractivity contribution in [2.45, 2.75) is 43.8 Å². The summed E-state index contributed by atoms with van der Waals surface area (Å²) in [7, 11) is -3.46. The van der Waals surface area contributed by atoms with Crippen LogP contribution in [0.15, 0.2) is 24.3 Å². The molecule has 3 aliphatic heterocycles. The fourth-order valence-electron chi connectivity index (χ4n) is 4.49. The number of carbonyl (C=O) groups excluding carboxylic acids is 1. The third-order valence-electron chi connectivity index (χ3n) is 6.11. The van der Waals surface area contributed by atoms with Crippen LogP contribution in [0.25, 0.3) is 0 Å². The number of likely N-dealkylation sites (tertiary alicyclic amines) is 1. The highest BCUT2D eigenvalue weighted by atomic mass is 32.2. The summed E-state index contributed by atoms with van der Waals surface area (Å²) in [6.07, 6.45) is 4.50. The summed E-state index contributed by atoms with van der Waals surface area (Å²) in [5, 5.41) is -0.504. The number of carbonyl (C=O) groups is 1. The fourth-order valence-corrected chi connectivity index (χ4v) is 6.48. The van der Waals surface area contributed by atoms with Crippen molar-refractivity contribution in [3.8, 4) is 0 Å². The van der Waals surface area contributed by atoms with E-state index in [1.165, 1.54) is 0 Å². The quantitative estimate of drug-likeness (QED) is 0.788. The highest BCUT2D eigenvalue weighted by molar-refractivity contribution is 7.93. The average molecular weight is 393 g/mol. The van der Waals surface area contributed by atoms with E-state index in [1.807, 2.05) is 24.3 Å². The predicted octanol–water partition coefficient (Wildman–Crippen LogP) is 2.19. The number of nitrogens with zero attached hydrogens (tertiary/aromatic N) is 2. The van der Waals surface area contributed by atoms with Crippen LogP contribution in [0.3, 0.4) is 0 Å². The Morgan fingerprint density at radius 3 is 2.70 bits per heavy atom. The topological polar surface area (TPSA) is 66.9 Å². The molecule has 2 saturated heterocycles. The van der Waals surface area contributed by atoms with Gasteiger partial charge in [-0.3, -0.25) is 9.10 Å². The zero-order valence-electron chi connectivity index (χ0n) is 15.7. The molecular weight excluding hydrogens is 364 g/mol. The van der Waals surface area contributed by atoms with E-state index in [0.717, 1.165) is 50.1 Å². The number of piperidine rings is 1. The third kappa shape index (κ3) is 3.85. The van der Waals surface area contributed by atoms with Gasteiger partial charge >= 0.3 is 0 Å². The Morgan fingerprint density at radius 2 is 1.89 bits per heavy atom. The summed E-state index contributed by atoms with van der Waals surface area (Å²) in [5.74, 6) is 0.470. The summed E-state index contributed by atoms with van der Waals surface area (Å²) in [5.41, 5.74) is 1.90. The van der Waals surface area contributed by atoms with Crippen LogP contribution < -0.4 is 4.31 Å². The lowest BCUT2D eigenvalue weighted by Crippen LogP contribution is -2.49. The molecule has 3 heterocycles. The van der Waals surface area contributed by atoms with Crippen molar-refractivity contribution in [1.29, 1.82) is 0 Å². The summed E-state index contributed by atoms with van der Waals surface area (Å²) in [6, 6.07) is 7.72. The second-order valence-electron chi connectivity index (χ2n) is 7.86. The molecule has 3 aliphatic rings. The van der Waals surface area contributed by atoms with Crippen molar-refractivity contribution in [3.05, 3.63) is 29.8 Å². The second-order valence-corrected chi connectivity index (χ2v) is 10.00. The first-order valence-electron chi connectivity index (χ1n) is 10.0. The molecule has 4 rings (SSSR count). The fraction of sp³-hybridized carbons (Fsp3) is 0.650. The van der Waals surface area contributed by atoms with Crippen molar-refractivity contribution in [2.24, 2.45) is 5.92 Å². The number of sulfonamides is 1. The predicted molar refractivity (Wildman–Crippen MR) is 104 cm³/mol. The van der Waals surface area contributed by atoms with Crippen LogP contribution in [0.2, 0.25) is 0 Å². The van der Waals surface area contributed by atoms with E-state index in [1.54, 1.807) is 9.21 Å². The van der Waals surface area contributed by atoms with Gasteiger partial charge in [-0.2, -0.15) is 0 Å². The van der Waals surface area contributed by atoms with E-state index in [0.29, 0.717) is 38.4 Å². The molecule has 6 nitrogen and oxygen atoms in total. The monoisotopic (exact) mass is 392 g/mol. The van der Waals surface area contributed by atoms with Crippen LogP contribution >= 0.6 is 0 Å². The Bertz CT molecular complexity index is 789. The highest BCUT2D eigenvalue weighted by Gasteiger charge is 2.39. The number of anilines is 1. The van der Waals surface area contributed by atoms with E-state index in [-0.39, 0.29) is 5.91 Å². The highest BCUT2D eigenvalue weighted by Crippen LogP contribution is 2.33. The Morgan fingerprint density at radius 1 is 1.11 bits per heavy atom. The summed E-state index contributed by atoms with van der Waals surface area (Å²) in [4.78, 5) is 14.5. The van der Waals surface area contributed by atoms with Crippen molar-refractivity contribution in [3.63, 3.8) is 0 Å². The van der Waals surface area contributed by atoms with Crippen LogP contribution in [0.4, 0.5) is 5.69 Å². The van der Waals surface area contributed by atoms with Crippen molar-refractivity contribution < 1.29 is 17.9 Å². The van der Waals surface area contributed by atoms with Crippen LogP contribution in [0, 0.1) is 5.92 Å². The van der Waals surface area contributed by atoms with Gasteiger partial charge in [0.1, 0.15) is 0 Å². The minimum atomic E-state index is -3.46. The van der Waals surface area contributed by atoms with Crippen LogP contribution in [0.5, 0.6) is 0 Å². The minimum Gasteiger partial charge on any atom is -0.381 e. The van der Waals surface area contributed by atoms with Gasteiger partial charge in [0.2, 0.25) is 15.9 Å². The van der Waals surface area contributed by atoms with Crippen LogP contribution in [-0.4, -0.2) is 57.3 Å². The molecule has 0 aliphatic carbocycles. The molecule has 0 N–H and O–H groups in total. The van der Waals surface area contributed by atoms with E-state index < -0.39 is 15.3 Å². The lowest BCUT2D eigenvalue weighted by atomic mass is 9.95. The largest absolute Gasteiger partial charge is 0.381 e. The van der Waals surface area contributed by atoms with Gasteiger partial charge in [0.15, 0.2) is 0 Å². The van der Waals surface area contributed by atoms with Gasteiger partial charge in [-0.05, 0) is 49.7 Å². The maximum absolute atomic E-state index is 13.3. The van der Waals surface area contributed by atoms with Gasteiger partial charge in [0.05, 0.1) is 10.9 Å². The molecule has 1 atom stereocenters. The number of ether oxygens (including phenoxy) is 1. The number of hydrogen-bond donors (Lipinski definition) is 0. The number of fused-ring (bicyclic) bond motifs is 1. The Labute approximate surface area is 161 Å². The normalized spacial score (nSPS) is 24.1. The van der Waals surface area contributed by atoms with E-state index in [4.69, 9.17) is 4.74 Å². The molecule has 0 spiro atoms. The number of rotatable bonds is 4. The zero-order valence-corrected chi connectivity index (χ0v) is 16.5. The molecule has 1 aromatic rings. The molecule has 2 fully saturated rings. The van der Waals surface area contributed by atoms with Crippen LogP contribution in [0.1, 0.15) is 37.7 Å². The molecule has 0 bridgehead atoms. The van der Waals surface area contributed by atoms with E-state index >= 15 is 0 Å². The Balaban J connectivity index is 1.44. The molecule has 0 unspecified atom stereocenters. The lowest BCUT2D eigenvalue weighted by molar-refractivity contribution is -0.133. The first kappa shape index (κ1) is 18.7. The van der Waals surface area contributed by atoms with Crippen molar-refractivity contribution in [1.82, 2.24) is 4.90 Å². The van der Waals surface area contributed by atoms with Gasteiger partial charge in [0, 0.05) is 39.3 Å². The smallest absolute Gasteiger partial charge is 0.239 e.